The predicted octanol–water partition coefficient (Wildman–Crippen LogP) is 3.63. The van der Waals surface area contributed by atoms with Crippen LogP contribution in [0.15, 0.2) is 84.9 Å². The van der Waals surface area contributed by atoms with Gasteiger partial charge in [0.05, 0.1) is 0 Å². The van der Waals surface area contributed by atoms with Gasteiger partial charge in [-0.05, 0) is 0 Å². The Kier molecular flexibility index (Phi) is 4.48. The van der Waals surface area contributed by atoms with E-state index in [-0.39, 0.29) is 0 Å². The van der Waals surface area contributed by atoms with E-state index in [4.69, 9.17) is 15.0 Å². The summed E-state index contributed by atoms with van der Waals surface area (Å²) in [5.74, 6) is 1.98. The molecule has 0 atom stereocenters. The topological polar surface area (TPSA) is 38.7 Å². The summed E-state index contributed by atoms with van der Waals surface area (Å²) in [5.41, 5.74) is 3.91. The molecule has 0 N–H and O–H groups in total. The van der Waals surface area contributed by atoms with Gasteiger partial charge < -0.3 is 0 Å². The van der Waals surface area contributed by atoms with Gasteiger partial charge in [0.25, 0.3) is 0 Å². The van der Waals surface area contributed by atoms with Crippen LogP contribution in [0.5, 0.6) is 0 Å². The van der Waals surface area contributed by atoms with Crippen molar-refractivity contribution in [1.82, 2.24) is 15.0 Å². The molecule has 0 aliphatic rings. The van der Waals surface area contributed by atoms with Crippen LogP contribution in [0.2, 0.25) is 0 Å². The molecule has 3 aromatic carbocycles. The zero-order valence-electron chi connectivity index (χ0n) is 14.2. The normalized spacial score (nSPS) is 10.3. The fourth-order valence-corrected chi connectivity index (χ4v) is 2.74. The SMILES string of the molecule is C=Bc1cccc(-c2nc(-c3ccccc3)nc(-c3ccccc3)n2)c1. The number of nitrogens with zero attached hydrogens (tertiary/aromatic N) is 3. The van der Waals surface area contributed by atoms with Gasteiger partial charge in [0.2, 0.25) is 0 Å². The minimum atomic E-state index is 0.654. The predicted molar refractivity (Wildman–Crippen MR) is 109 cm³/mol. The first-order valence-electron chi connectivity index (χ1n) is 8.43. The van der Waals surface area contributed by atoms with E-state index in [1.54, 1.807) is 0 Å². The molecular formula is C22H16BN3. The average molecular weight is 333 g/mol. The fourth-order valence-electron chi connectivity index (χ4n) is 2.74. The van der Waals surface area contributed by atoms with Gasteiger partial charge in [-0.15, -0.1) is 0 Å². The fraction of sp³-hybridized carbons (Fsp3) is 0. The Morgan fingerprint density at radius 2 is 1.00 bits per heavy atom. The number of hydrogen-bond acceptors (Lipinski definition) is 3. The Balaban J connectivity index is 1.92. The first-order valence-corrected chi connectivity index (χ1v) is 8.43. The van der Waals surface area contributed by atoms with E-state index in [2.05, 4.69) is 6.47 Å². The van der Waals surface area contributed by atoms with Crippen LogP contribution in [0.4, 0.5) is 0 Å². The molecule has 4 aromatic rings. The van der Waals surface area contributed by atoms with Gasteiger partial charge in [0.1, 0.15) is 0 Å². The van der Waals surface area contributed by atoms with Gasteiger partial charge in [-0.1, -0.05) is 0 Å². The van der Waals surface area contributed by atoms with Crippen molar-refractivity contribution in [1.29, 1.82) is 0 Å². The Morgan fingerprint density at radius 1 is 0.538 bits per heavy atom. The summed E-state index contributed by atoms with van der Waals surface area (Å²) < 4.78 is 0. The van der Waals surface area contributed by atoms with Gasteiger partial charge in [0, 0.05) is 0 Å². The van der Waals surface area contributed by atoms with Crippen LogP contribution in [0.3, 0.4) is 0 Å². The van der Waals surface area contributed by atoms with Crippen molar-refractivity contribution in [3.8, 4) is 34.2 Å². The molecule has 122 valence electrons. The molecule has 0 radical (unpaired) electrons. The monoisotopic (exact) mass is 333 g/mol. The van der Waals surface area contributed by atoms with Gasteiger partial charge in [0.15, 0.2) is 0 Å². The van der Waals surface area contributed by atoms with Crippen LogP contribution in [-0.2, 0) is 0 Å². The van der Waals surface area contributed by atoms with E-state index in [1.807, 2.05) is 91.9 Å². The number of aromatic nitrogens is 3. The first-order chi connectivity index (χ1) is 12.8. The average Bonchev–Trinajstić information content (AvgIpc) is 2.75. The number of hydrogen-bond donors (Lipinski definition) is 0. The second-order valence-electron chi connectivity index (χ2n) is 5.87. The van der Waals surface area contributed by atoms with Crippen molar-refractivity contribution in [3.63, 3.8) is 0 Å². The molecule has 0 saturated carbocycles. The molecule has 1 heterocycles. The third kappa shape index (κ3) is 3.35. The van der Waals surface area contributed by atoms with E-state index in [9.17, 15) is 0 Å². The first kappa shape index (κ1) is 16.1. The summed E-state index contributed by atoms with van der Waals surface area (Å²) in [7, 11) is 0. The maximum absolute atomic E-state index is 4.72. The minimum absolute atomic E-state index is 0.654. The van der Waals surface area contributed by atoms with Crippen molar-refractivity contribution in [2.24, 2.45) is 0 Å². The van der Waals surface area contributed by atoms with Crippen LogP contribution in [0, 0.1) is 0 Å². The van der Waals surface area contributed by atoms with Crippen molar-refractivity contribution in [3.05, 3.63) is 84.9 Å². The van der Waals surface area contributed by atoms with Crippen molar-refractivity contribution in [2.45, 2.75) is 0 Å². The second kappa shape index (κ2) is 7.24. The van der Waals surface area contributed by atoms with E-state index in [0.29, 0.717) is 17.5 Å². The Hall–Kier alpha value is -3.40. The molecule has 0 unspecified atom stereocenters. The van der Waals surface area contributed by atoms with Crippen LogP contribution in [0.1, 0.15) is 0 Å². The van der Waals surface area contributed by atoms with Crippen LogP contribution in [-0.4, -0.2) is 28.3 Å². The van der Waals surface area contributed by atoms with Gasteiger partial charge >= 0.3 is 153 Å². The second-order valence-corrected chi connectivity index (χ2v) is 5.87. The van der Waals surface area contributed by atoms with E-state index in [1.165, 1.54) is 0 Å². The van der Waals surface area contributed by atoms with Crippen molar-refractivity contribution in [2.75, 3.05) is 0 Å². The molecule has 0 spiro atoms. The summed E-state index contributed by atoms with van der Waals surface area (Å²) >= 11 is 0. The summed E-state index contributed by atoms with van der Waals surface area (Å²) in [6, 6.07) is 28.0. The van der Waals surface area contributed by atoms with E-state index >= 15 is 0 Å². The quantitative estimate of drug-likeness (QED) is 0.535. The molecule has 4 rings (SSSR count). The zero-order valence-corrected chi connectivity index (χ0v) is 14.2. The molecule has 26 heavy (non-hydrogen) atoms. The van der Waals surface area contributed by atoms with E-state index < -0.39 is 0 Å². The Labute approximate surface area is 153 Å². The third-order valence-electron chi connectivity index (χ3n) is 4.08. The van der Waals surface area contributed by atoms with Crippen LogP contribution < -0.4 is 5.46 Å². The molecule has 4 heteroatoms. The third-order valence-corrected chi connectivity index (χ3v) is 4.08. The van der Waals surface area contributed by atoms with Crippen LogP contribution in [0.25, 0.3) is 34.2 Å². The van der Waals surface area contributed by atoms with Gasteiger partial charge in [-0.3, -0.25) is 0 Å². The zero-order chi connectivity index (χ0) is 17.8. The molecule has 1 aromatic heterocycles. The van der Waals surface area contributed by atoms with Gasteiger partial charge in [-0.2, -0.15) is 0 Å². The van der Waals surface area contributed by atoms with E-state index in [0.717, 1.165) is 22.2 Å². The molecule has 0 fully saturated rings. The summed E-state index contributed by atoms with van der Waals surface area (Å²) in [6.07, 6.45) is 0. The number of rotatable bonds is 4. The van der Waals surface area contributed by atoms with Crippen LogP contribution >= 0.6 is 0 Å². The summed E-state index contributed by atoms with van der Waals surface area (Å²) in [4.78, 5) is 14.1. The standard InChI is InChI=1S/C22H16BN3/c1-23-19-14-8-13-18(15-19)22-25-20(16-9-4-2-5-10-16)24-21(26-22)17-11-6-3-7-12-17/h2-15H,1H2. The molecule has 0 saturated heterocycles. The molecule has 0 aliphatic carbocycles. The molecule has 0 aliphatic heterocycles. The summed E-state index contributed by atoms with van der Waals surface area (Å²) in [5, 5.41) is 0. The Morgan fingerprint density at radius 3 is 1.50 bits per heavy atom. The molecule has 0 amide bonds. The van der Waals surface area contributed by atoms with Gasteiger partial charge in [-0.25, -0.2) is 0 Å². The van der Waals surface area contributed by atoms with Crippen molar-refractivity contribution >= 4 is 18.9 Å². The molecule has 0 bridgehead atoms. The Bertz CT molecular complexity index is 989. The summed E-state index contributed by atoms with van der Waals surface area (Å²) in [6.45, 7) is 5.66. The van der Waals surface area contributed by atoms with Crippen molar-refractivity contribution < 1.29 is 0 Å². The molecule has 3 nitrogen and oxygen atoms in total. The maximum atomic E-state index is 4.72. The number of benzene rings is 3. The molecular weight excluding hydrogens is 317 g/mol.